The number of hydrogen-bond donors (Lipinski definition) is 0. The van der Waals surface area contributed by atoms with E-state index < -0.39 is 0 Å². The van der Waals surface area contributed by atoms with E-state index in [0.717, 1.165) is 66.3 Å². The lowest BCUT2D eigenvalue weighted by atomic mass is 9.67. The maximum absolute atomic E-state index is 5.25. The Balaban J connectivity index is 0.879. The Hall–Kier alpha value is -8.80. The normalized spacial score (nSPS) is 13.7. The summed E-state index contributed by atoms with van der Waals surface area (Å²) >= 11 is 0. The summed E-state index contributed by atoms with van der Waals surface area (Å²) in [5.41, 5.74) is 20.9. The number of rotatable bonds is 7. The predicted octanol–water partition coefficient (Wildman–Crippen LogP) is 16.7. The lowest BCUT2D eigenvalue weighted by molar-refractivity contribution is 0.353. The molecule has 5 nitrogen and oxygen atoms in total. The number of hydrogen-bond acceptors (Lipinski definition) is 4. The summed E-state index contributed by atoms with van der Waals surface area (Å²) in [4.78, 5) is 20.8. The average molecular weight is 910 g/mol. The maximum atomic E-state index is 5.25. The topological polar surface area (TPSA) is 56.5 Å². The molecule has 1 spiro atoms. The van der Waals surface area contributed by atoms with Crippen LogP contribution in [0.3, 0.4) is 0 Å². The fourth-order valence-electron chi connectivity index (χ4n) is 11.8. The maximum Gasteiger partial charge on any atom is 0.164 e. The lowest BCUT2D eigenvalue weighted by Crippen LogP contribution is -2.28. The van der Waals surface area contributed by atoms with E-state index >= 15 is 0 Å². The summed E-state index contributed by atoms with van der Waals surface area (Å²) < 4.78 is 2.31. The second kappa shape index (κ2) is 16.7. The molecule has 1 fully saturated rings. The van der Waals surface area contributed by atoms with Crippen molar-refractivity contribution in [3.05, 3.63) is 236 Å². The van der Waals surface area contributed by atoms with Crippen LogP contribution in [0.25, 0.3) is 117 Å². The summed E-state index contributed by atoms with van der Waals surface area (Å²) in [5, 5.41) is 2.17. The molecule has 2 aliphatic rings. The lowest BCUT2D eigenvalue weighted by Gasteiger charge is -2.36. The van der Waals surface area contributed by atoms with Gasteiger partial charge in [-0.25, -0.2) is 19.9 Å². The second-order valence-electron chi connectivity index (χ2n) is 19.3. The standard InChI is InChI=1S/C66H47N5/c1-5-17-43(18-6-1)50-37-51(39-52(38-50)47-31-33-55-54-24-12-13-25-57(54)66(58(55)40-47)35-15-4-16-36-66)44-27-29-46(30-28-44)64-68-63(45-19-7-2-8-20-45)69-65(70-64)49-32-34-56-60(42-49)71(53-22-9-3-10-23-53)61-41-48-21-11-14-26-59(48)67-62(56)61/h1-3,5-14,17-34,37-42H,4,15-16,35-36H2. The fourth-order valence-corrected chi connectivity index (χ4v) is 11.8. The molecule has 3 aromatic heterocycles. The van der Waals surface area contributed by atoms with Gasteiger partial charge in [0.2, 0.25) is 0 Å². The first-order valence-electron chi connectivity index (χ1n) is 24.9. The smallest absolute Gasteiger partial charge is 0.164 e. The van der Waals surface area contributed by atoms with Crippen molar-refractivity contribution in [1.29, 1.82) is 0 Å². The summed E-state index contributed by atoms with van der Waals surface area (Å²) in [7, 11) is 0. The molecular weight excluding hydrogens is 863 g/mol. The summed E-state index contributed by atoms with van der Waals surface area (Å²) in [6.07, 6.45) is 6.28. The molecule has 0 saturated heterocycles. The van der Waals surface area contributed by atoms with Gasteiger partial charge in [-0.2, -0.15) is 0 Å². The van der Waals surface area contributed by atoms with Gasteiger partial charge in [0.25, 0.3) is 0 Å². The van der Waals surface area contributed by atoms with Gasteiger partial charge >= 0.3 is 0 Å². The highest BCUT2D eigenvalue weighted by atomic mass is 15.0. The molecule has 0 amide bonds. The molecule has 12 aromatic rings. The molecule has 0 aliphatic heterocycles. The third kappa shape index (κ3) is 6.99. The third-order valence-corrected chi connectivity index (χ3v) is 15.2. The molecule has 2 aliphatic carbocycles. The third-order valence-electron chi connectivity index (χ3n) is 15.2. The fraction of sp³-hybridized carbons (Fsp3) is 0.0909. The molecule has 9 aromatic carbocycles. The molecule has 0 atom stereocenters. The molecule has 336 valence electrons. The summed E-state index contributed by atoms with van der Waals surface area (Å²) in [5.74, 6) is 1.85. The van der Waals surface area contributed by atoms with Gasteiger partial charge in [0.1, 0.15) is 0 Å². The summed E-state index contributed by atoms with van der Waals surface area (Å²) in [6, 6.07) is 80.8. The molecule has 71 heavy (non-hydrogen) atoms. The number of pyridine rings is 1. The molecule has 14 rings (SSSR count). The molecule has 0 N–H and O–H groups in total. The van der Waals surface area contributed by atoms with Crippen LogP contribution in [0.4, 0.5) is 0 Å². The van der Waals surface area contributed by atoms with E-state index in [1.165, 1.54) is 76.6 Å². The Morgan fingerprint density at radius 3 is 1.61 bits per heavy atom. The Labute approximate surface area is 412 Å². The van der Waals surface area contributed by atoms with Crippen molar-refractivity contribution in [2.24, 2.45) is 0 Å². The number of nitrogens with zero attached hydrogens (tertiary/aromatic N) is 5. The van der Waals surface area contributed by atoms with Crippen LogP contribution in [0, 0.1) is 0 Å². The average Bonchev–Trinajstić information content (AvgIpc) is 3.90. The largest absolute Gasteiger partial charge is 0.308 e. The van der Waals surface area contributed by atoms with Crippen LogP contribution >= 0.6 is 0 Å². The number of benzene rings is 9. The zero-order valence-electron chi connectivity index (χ0n) is 39.1. The zero-order valence-corrected chi connectivity index (χ0v) is 39.1. The molecule has 1 saturated carbocycles. The van der Waals surface area contributed by atoms with Crippen molar-refractivity contribution in [3.63, 3.8) is 0 Å². The van der Waals surface area contributed by atoms with Gasteiger partial charge < -0.3 is 4.57 Å². The Kier molecular flexibility index (Phi) is 9.70. The van der Waals surface area contributed by atoms with Crippen LogP contribution in [-0.4, -0.2) is 24.5 Å². The van der Waals surface area contributed by atoms with Crippen LogP contribution in [0.15, 0.2) is 224 Å². The Morgan fingerprint density at radius 2 is 0.873 bits per heavy atom. The molecule has 5 heteroatoms. The van der Waals surface area contributed by atoms with Crippen LogP contribution < -0.4 is 0 Å². The molecule has 0 radical (unpaired) electrons. The van der Waals surface area contributed by atoms with Crippen molar-refractivity contribution in [3.8, 4) is 84.4 Å². The first kappa shape index (κ1) is 41.2. The van der Waals surface area contributed by atoms with E-state index in [-0.39, 0.29) is 5.41 Å². The SMILES string of the molecule is c1ccc(-c2cc(-c3ccc(-c4nc(-c5ccccc5)nc(-c5ccc6c7nc8ccccc8cc7n(-c7ccccc7)c6c5)n4)cc3)cc(-c3ccc4c(c3)C3(CCCCC3)c3ccccc3-4)c2)cc1. The van der Waals surface area contributed by atoms with Crippen molar-refractivity contribution in [2.75, 3.05) is 0 Å². The van der Waals surface area contributed by atoms with Crippen molar-refractivity contribution in [1.82, 2.24) is 24.5 Å². The van der Waals surface area contributed by atoms with Crippen LogP contribution in [0.1, 0.15) is 43.2 Å². The molecular formula is C66H47N5. The minimum absolute atomic E-state index is 0.0904. The highest BCUT2D eigenvalue weighted by Gasteiger charge is 2.43. The monoisotopic (exact) mass is 909 g/mol. The number of aromatic nitrogens is 5. The van der Waals surface area contributed by atoms with E-state index in [2.05, 4.69) is 205 Å². The first-order valence-corrected chi connectivity index (χ1v) is 24.9. The number of para-hydroxylation sites is 2. The van der Waals surface area contributed by atoms with Gasteiger partial charge in [-0.3, -0.25) is 0 Å². The van der Waals surface area contributed by atoms with E-state index in [9.17, 15) is 0 Å². The highest BCUT2D eigenvalue weighted by Crippen LogP contribution is 2.56. The van der Waals surface area contributed by atoms with Crippen LogP contribution in [0.5, 0.6) is 0 Å². The highest BCUT2D eigenvalue weighted by molar-refractivity contribution is 6.11. The number of fused-ring (bicyclic) bond motifs is 9. The molecule has 0 unspecified atom stereocenters. The van der Waals surface area contributed by atoms with Gasteiger partial charge in [-0.15, -0.1) is 0 Å². The van der Waals surface area contributed by atoms with Gasteiger partial charge in [0.05, 0.1) is 22.1 Å². The van der Waals surface area contributed by atoms with Crippen molar-refractivity contribution in [2.45, 2.75) is 37.5 Å². The molecule has 0 bridgehead atoms. The van der Waals surface area contributed by atoms with E-state index in [4.69, 9.17) is 19.9 Å². The van der Waals surface area contributed by atoms with Gasteiger partial charge in [-0.1, -0.05) is 183 Å². The van der Waals surface area contributed by atoms with Gasteiger partial charge in [-0.05, 0) is 129 Å². The van der Waals surface area contributed by atoms with E-state index in [1.807, 2.05) is 24.3 Å². The van der Waals surface area contributed by atoms with Crippen molar-refractivity contribution < 1.29 is 0 Å². The van der Waals surface area contributed by atoms with E-state index in [1.54, 1.807) is 0 Å². The second-order valence-corrected chi connectivity index (χ2v) is 19.3. The Morgan fingerprint density at radius 1 is 0.338 bits per heavy atom. The zero-order chi connectivity index (χ0) is 46.9. The van der Waals surface area contributed by atoms with E-state index in [0.29, 0.717) is 17.5 Å². The first-order chi connectivity index (χ1) is 35.1. The van der Waals surface area contributed by atoms with Crippen LogP contribution in [0.2, 0.25) is 0 Å². The Bertz CT molecular complexity index is 4000. The minimum atomic E-state index is 0.0904. The predicted molar refractivity (Wildman–Crippen MR) is 291 cm³/mol. The van der Waals surface area contributed by atoms with Crippen molar-refractivity contribution >= 4 is 32.8 Å². The summed E-state index contributed by atoms with van der Waals surface area (Å²) in [6.45, 7) is 0. The minimum Gasteiger partial charge on any atom is -0.308 e. The van der Waals surface area contributed by atoms with Gasteiger partial charge in [0, 0.05) is 38.6 Å². The molecule has 3 heterocycles. The quantitative estimate of drug-likeness (QED) is 0.160. The van der Waals surface area contributed by atoms with Gasteiger partial charge in [0.15, 0.2) is 17.5 Å². The van der Waals surface area contributed by atoms with Crippen LogP contribution in [-0.2, 0) is 5.41 Å².